The van der Waals surface area contributed by atoms with E-state index in [2.05, 4.69) is 229 Å². The molecule has 0 saturated heterocycles. The first kappa shape index (κ1) is 34.0. The molecule has 0 unspecified atom stereocenters. The zero-order valence-corrected chi connectivity index (χ0v) is 33.2. The molecule has 0 amide bonds. The van der Waals surface area contributed by atoms with Gasteiger partial charge in [-0.25, -0.2) is 0 Å². The Morgan fingerprint density at radius 1 is 0.344 bits per heavy atom. The van der Waals surface area contributed by atoms with Crippen LogP contribution < -0.4 is 4.74 Å². The van der Waals surface area contributed by atoms with Crippen molar-refractivity contribution in [3.05, 3.63) is 247 Å². The molecule has 0 atom stereocenters. The van der Waals surface area contributed by atoms with E-state index in [1.807, 2.05) is 0 Å². The minimum Gasteiger partial charge on any atom is -0.456 e. The van der Waals surface area contributed by atoms with Crippen molar-refractivity contribution < 1.29 is 4.74 Å². The fraction of sp³-hybridized carbons (Fsp3) is 0.0169. The molecule has 2 heterocycles. The van der Waals surface area contributed by atoms with Gasteiger partial charge in [-0.3, -0.25) is 0 Å². The summed E-state index contributed by atoms with van der Waals surface area (Å²) in [4.78, 5) is 0. The third-order valence-corrected chi connectivity index (χ3v) is 13.3. The van der Waals surface area contributed by atoms with Gasteiger partial charge in [-0.1, -0.05) is 176 Å². The molecule has 1 aliphatic carbocycles. The van der Waals surface area contributed by atoms with Crippen LogP contribution >= 0.6 is 0 Å². The largest absolute Gasteiger partial charge is 0.456 e. The number of ether oxygens (including phenoxy) is 1. The van der Waals surface area contributed by atoms with E-state index in [0.717, 1.165) is 28.1 Å². The van der Waals surface area contributed by atoms with Crippen LogP contribution in [0.5, 0.6) is 11.5 Å². The third-order valence-electron chi connectivity index (χ3n) is 13.3. The fourth-order valence-corrected chi connectivity index (χ4v) is 10.8. The Morgan fingerprint density at radius 3 is 1.75 bits per heavy atom. The number of fused-ring (bicyclic) bond motifs is 8. The fourth-order valence-electron chi connectivity index (χ4n) is 10.8. The minimum atomic E-state index is -0.456. The summed E-state index contributed by atoms with van der Waals surface area (Å²) in [6, 6.07) is 82.1. The average molecular weight is 776 g/mol. The molecule has 284 valence electrons. The van der Waals surface area contributed by atoms with Gasteiger partial charge in [-0.15, -0.1) is 0 Å². The number of benzene rings is 10. The summed E-state index contributed by atoms with van der Waals surface area (Å²) in [7, 11) is 0. The van der Waals surface area contributed by atoms with Gasteiger partial charge in [0.2, 0.25) is 0 Å². The van der Waals surface area contributed by atoms with Gasteiger partial charge in [-0.05, 0) is 115 Å². The van der Waals surface area contributed by atoms with E-state index in [0.29, 0.717) is 0 Å². The van der Waals surface area contributed by atoms with Gasteiger partial charge in [0, 0.05) is 27.4 Å². The van der Waals surface area contributed by atoms with Crippen LogP contribution in [0.15, 0.2) is 224 Å². The maximum Gasteiger partial charge on any atom is 0.135 e. The van der Waals surface area contributed by atoms with Crippen LogP contribution in [0.4, 0.5) is 0 Å². The Morgan fingerprint density at radius 2 is 0.934 bits per heavy atom. The highest BCUT2D eigenvalue weighted by Gasteiger charge is 2.46. The van der Waals surface area contributed by atoms with Crippen LogP contribution in [-0.2, 0) is 5.41 Å². The molecule has 1 aliphatic heterocycles. The zero-order chi connectivity index (χ0) is 40.1. The Labute approximate surface area is 354 Å². The molecule has 0 saturated carbocycles. The molecule has 0 spiro atoms. The molecule has 10 aromatic carbocycles. The summed E-state index contributed by atoms with van der Waals surface area (Å²) < 4.78 is 9.18. The van der Waals surface area contributed by atoms with E-state index in [1.54, 1.807) is 0 Å². The molecular weight excluding hydrogens is 739 g/mol. The number of aromatic nitrogens is 1. The standard InChI is InChI=1S/C59H37NO/c1-4-16-40(17-5-1)59(41-18-6-2-7-19-41)51-27-12-10-23-48(51)57-44(24-15-28-52(57)59)39-31-34-55-50(37-39)47-26-14-25-46-43(32-35-56(61-55)58(46)47)38-30-33-54-49(36-38)45-22-11-13-29-53(45)60(54)42-20-8-3-9-21-42/h1-37H. The summed E-state index contributed by atoms with van der Waals surface area (Å²) in [5, 5.41) is 4.81. The second kappa shape index (κ2) is 13.0. The van der Waals surface area contributed by atoms with Gasteiger partial charge in [-0.2, -0.15) is 0 Å². The van der Waals surface area contributed by atoms with E-state index in [-0.39, 0.29) is 0 Å². The normalized spacial score (nSPS) is 13.2. The number of hydrogen-bond acceptors (Lipinski definition) is 1. The summed E-state index contributed by atoms with van der Waals surface area (Å²) in [6.45, 7) is 0. The minimum absolute atomic E-state index is 0.456. The number of para-hydroxylation sites is 2. The molecule has 0 fully saturated rings. The average Bonchev–Trinajstić information content (AvgIpc) is 3.83. The van der Waals surface area contributed by atoms with Crippen molar-refractivity contribution in [2.45, 2.75) is 5.41 Å². The van der Waals surface area contributed by atoms with Crippen molar-refractivity contribution in [2.75, 3.05) is 0 Å². The van der Waals surface area contributed by atoms with Crippen molar-refractivity contribution >= 4 is 32.6 Å². The lowest BCUT2D eigenvalue weighted by atomic mass is 9.67. The van der Waals surface area contributed by atoms with E-state index >= 15 is 0 Å². The highest BCUT2D eigenvalue weighted by atomic mass is 16.5. The predicted molar refractivity (Wildman–Crippen MR) is 252 cm³/mol. The van der Waals surface area contributed by atoms with Crippen LogP contribution in [0.25, 0.3) is 82.8 Å². The second-order valence-corrected chi connectivity index (χ2v) is 16.3. The van der Waals surface area contributed by atoms with Crippen LogP contribution in [0, 0.1) is 0 Å². The predicted octanol–water partition coefficient (Wildman–Crippen LogP) is 15.4. The number of hydrogen-bond donors (Lipinski definition) is 0. The molecule has 2 nitrogen and oxygen atoms in total. The van der Waals surface area contributed by atoms with Crippen LogP contribution in [0.3, 0.4) is 0 Å². The molecule has 11 aromatic rings. The molecule has 1 aromatic heterocycles. The first-order chi connectivity index (χ1) is 30.3. The molecular formula is C59H37NO. The van der Waals surface area contributed by atoms with Crippen LogP contribution in [0.2, 0.25) is 0 Å². The monoisotopic (exact) mass is 775 g/mol. The summed E-state index contributed by atoms with van der Waals surface area (Å²) in [6.07, 6.45) is 0. The molecule has 0 N–H and O–H groups in total. The summed E-state index contributed by atoms with van der Waals surface area (Å²) in [5.74, 6) is 1.77. The van der Waals surface area contributed by atoms with E-state index in [9.17, 15) is 0 Å². The highest BCUT2D eigenvalue weighted by Crippen LogP contribution is 2.59. The first-order valence-electron chi connectivity index (χ1n) is 21.1. The Hall–Kier alpha value is -7.94. The van der Waals surface area contributed by atoms with Crippen molar-refractivity contribution in [3.8, 4) is 61.7 Å². The van der Waals surface area contributed by atoms with E-state index < -0.39 is 5.41 Å². The van der Waals surface area contributed by atoms with Crippen molar-refractivity contribution in [2.24, 2.45) is 0 Å². The molecule has 61 heavy (non-hydrogen) atoms. The lowest BCUT2D eigenvalue weighted by Crippen LogP contribution is -2.28. The van der Waals surface area contributed by atoms with Crippen molar-refractivity contribution in [1.29, 1.82) is 0 Å². The van der Waals surface area contributed by atoms with E-state index in [1.165, 1.54) is 88.4 Å². The quantitative estimate of drug-likeness (QED) is 0.170. The van der Waals surface area contributed by atoms with Gasteiger partial charge < -0.3 is 9.30 Å². The number of nitrogens with zero attached hydrogens (tertiary/aromatic N) is 1. The van der Waals surface area contributed by atoms with Gasteiger partial charge in [0.1, 0.15) is 11.5 Å². The highest BCUT2D eigenvalue weighted by molar-refractivity contribution is 6.14. The molecule has 2 heteroatoms. The smallest absolute Gasteiger partial charge is 0.135 e. The summed E-state index contributed by atoms with van der Waals surface area (Å²) >= 11 is 0. The van der Waals surface area contributed by atoms with Crippen LogP contribution in [0.1, 0.15) is 22.3 Å². The topological polar surface area (TPSA) is 14.2 Å². The lowest BCUT2D eigenvalue weighted by Gasteiger charge is -2.34. The van der Waals surface area contributed by atoms with E-state index in [4.69, 9.17) is 4.74 Å². The first-order valence-corrected chi connectivity index (χ1v) is 21.1. The molecule has 2 aliphatic rings. The van der Waals surface area contributed by atoms with Crippen LogP contribution in [-0.4, -0.2) is 4.57 Å². The molecule has 13 rings (SSSR count). The maximum atomic E-state index is 6.81. The Kier molecular flexibility index (Phi) is 7.26. The SMILES string of the molecule is c1ccc(-n2c3ccccc3c3cc(-c4ccc5c6c(cccc46)-c4cc(-c6cccc7c6-c6ccccc6C7(c6ccccc6)c6ccccc6)ccc4O5)ccc32)cc1. The van der Waals surface area contributed by atoms with Gasteiger partial charge >= 0.3 is 0 Å². The van der Waals surface area contributed by atoms with Gasteiger partial charge in [0.15, 0.2) is 0 Å². The second-order valence-electron chi connectivity index (χ2n) is 16.3. The summed E-state index contributed by atoms with van der Waals surface area (Å²) in [5.41, 5.74) is 17.9. The van der Waals surface area contributed by atoms with Gasteiger partial charge in [0.25, 0.3) is 0 Å². The zero-order valence-electron chi connectivity index (χ0n) is 33.2. The maximum absolute atomic E-state index is 6.81. The van der Waals surface area contributed by atoms with Crippen molar-refractivity contribution in [1.82, 2.24) is 4.57 Å². The molecule has 0 bridgehead atoms. The Bertz CT molecular complexity index is 3510. The molecule has 0 radical (unpaired) electrons. The third kappa shape index (κ3) is 4.79. The number of rotatable bonds is 5. The Balaban J connectivity index is 0.982. The van der Waals surface area contributed by atoms with Crippen molar-refractivity contribution in [3.63, 3.8) is 0 Å². The van der Waals surface area contributed by atoms with Gasteiger partial charge in [0.05, 0.1) is 16.4 Å². The lowest BCUT2D eigenvalue weighted by molar-refractivity contribution is 0.487.